The van der Waals surface area contributed by atoms with E-state index in [1.807, 2.05) is 0 Å². The van der Waals surface area contributed by atoms with E-state index in [0.29, 0.717) is 36.0 Å². The number of carbonyl (C=O) groups excluding carboxylic acids is 1. The molecule has 1 unspecified atom stereocenters. The molecular weight excluding hydrogens is 338 g/mol. The number of hydrogen-bond donors (Lipinski definition) is 2. The molecule has 2 aromatic rings. The van der Waals surface area contributed by atoms with E-state index in [1.165, 1.54) is 0 Å². The molecule has 0 spiro atoms. The normalized spacial score (nSPS) is 13.6. The number of aromatic hydroxyl groups is 1. The van der Waals surface area contributed by atoms with Crippen molar-refractivity contribution in [3.63, 3.8) is 0 Å². The second-order valence-electron chi connectivity index (χ2n) is 5.59. The van der Waals surface area contributed by atoms with E-state index in [1.54, 1.807) is 50.4 Å². The van der Waals surface area contributed by atoms with Crippen LogP contribution >= 0.6 is 0 Å². The lowest BCUT2D eigenvalue weighted by atomic mass is 10.0. The van der Waals surface area contributed by atoms with Gasteiger partial charge in [-0.3, -0.25) is 0 Å². The number of benzene rings is 2. The van der Waals surface area contributed by atoms with Gasteiger partial charge in [-0.1, -0.05) is 0 Å². The number of rotatable bonds is 6. The summed E-state index contributed by atoms with van der Waals surface area (Å²) < 4.78 is 21.3. The molecule has 3 rings (SSSR count). The van der Waals surface area contributed by atoms with Crippen LogP contribution in [-0.4, -0.2) is 38.0 Å². The van der Waals surface area contributed by atoms with Gasteiger partial charge in [0.25, 0.3) is 0 Å². The lowest BCUT2D eigenvalue weighted by Gasteiger charge is -2.24. The summed E-state index contributed by atoms with van der Waals surface area (Å²) in [6.45, 7) is 2.70. The van der Waals surface area contributed by atoms with E-state index in [0.717, 1.165) is 0 Å². The maximum atomic E-state index is 12.5. The molecule has 2 aromatic carbocycles. The van der Waals surface area contributed by atoms with Crippen LogP contribution in [0.15, 0.2) is 36.4 Å². The second kappa shape index (κ2) is 7.86. The Morgan fingerprint density at radius 2 is 1.92 bits per heavy atom. The Morgan fingerprint density at radius 3 is 2.62 bits per heavy atom. The summed E-state index contributed by atoms with van der Waals surface area (Å²) in [5.41, 5.74) is 1.03. The quantitative estimate of drug-likeness (QED) is 0.767. The zero-order valence-corrected chi connectivity index (χ0v) is 14.7. The minimum absolute atomic E-state index is 0.138. The first-order valence-corrected chi connectivity index (χ1v) is 8.32. The molecule has 1 atom stereocenters. The molecule has 7 nitrogen and oxygen atoms in total. The molecule has 0 radical (unpaired) electrons. The van der Waals surface area contributed by atoms with Gasteiger partial charge in [0.2, 0.25) is 5.75 Å². The molecule has 0 bridgehead atoms. The number of carbonyl (C=O) groups is 1. The first-order chi connectivity index (χ1) is 12.6. The van der Waals surface area contributed by atoms with Crippen LogP contribution < -0.4 is 19.5 Å². The Bertz CT molecular complexity index is 774. The highest BCUT2D eigenvalue weighted by molar-refractivity contribution is 5.83. The van der Waals surface area contributed by atoms with E-state index in [-0.39, 0.29) is 18.1 Å². The van der Waals surface area contributed by atoms with Gasteiger partial charge in [-0.2, -0.15) is 0 Å². The van der Waals surface area contributed by atoms with Crippen molar-refractivity contribution in [1.29, 1.82) is 0 Å². The van der Waals surface area contributed by atoms with Gasteiger partial charge >= 0.3 is 5.97 Å². The monoisotopic (exact) mass is 359 g/mol. The minimum atomic E-state index is -0.904. The van der Waals surface area contributed by atoms with Crippen molar-refractivity contribution in [3.05, 3.63) is 42.0 Å². The molecule has 138 valence electrons. The Labute approximate surface area is 151 Å². The predicted octanol–water partition coefficient (Wildman–Crippen LogP) is 2.89. The first kappa shape index (κ1) is 17.7. The van der Waals surface area contributed by atoms with Gasteiger partial charge in [-0.25, -0.2) is 4.79 Å². The molecule has 1 heterocycles. The maximum Gasteiger partial charge on any atom is 0.333 e. The molecule has 0 fully saturated rings. The summed E-state index contributed by atoms with van der Waals surface area (Å²) in [6, 6.07) is 9.49. The van der Waals surface area contributed by atoms with Crippen LogP contribution in [0.5, 0.6) is 23.0 Å². The SMILES string of the molecule is CCOC(=O)C(Nc1ccc(OC)cc1)c1ccc2c(c1O)OCCO2. The lowest BCUT2D eigenvalue weighted by molar-refractivity contribution is -0.144. The van der Waals surface area contributed by atoms with Gasteiger partial charge in [0.05, 0.1) is 13.7 Å². The summed E-state index contributed by atoms with van der Waals surface area (Å²) in [6.07, 6.45) is 0. The smallest absolute Gasteiger partial charge is 0.333 e. The molecule has 0 saturated heterocycles. The number of hydrogen-bond acceptors (Lipinski definition) is 7. The average molecular weight is 359 g/mol. The lowest BCUT2D eigenvalue weighted by Crippen LogP contribution is -2.24. The van der Waals surface area contributed by atoms with Crippen molar-refractivity contribution in [1.82, 2.24) is 0 Å². The summed E-state index contributed by atoms with van der Waals surface area (Å²) in [5.74, 6) is 0.742. The summed E-state index contributed by atoms with van der Waals surface area (Å²) >= 11 is 0. The van der Waals surface area contributed by atoms with E-state index in [2.05, 4.69) is 5.32 Å². The molecular formula is C19H21NO6. The third-order valence-electron chi connectivity index (χ3n) is 3.95. The van der Waals surface area contributed by atoms with Crippen molar-refractivity contribution >= 4 is 11.7 Å². The van der Waals surface area contributed by atoms with E-state index in [9.17, 15) is 9.90 Å². The van der Waals surface area contributed by atoms with Gasteiger partial charge in [0, 0.05) is 11.3 Å². The summed E-state index contributed by atoms with van der Waals surface area (Å²) in [7, 11) is 1.58. The van der Waals surface area contributed by atoms with Crippen LogP contribution in [0.2, 0.25) is 0 Å². The zero-order chi connectivity index (χ0) is 18.5. The van der Waals surface area contributed by atoms with Gasteiger partial charge in [0.15, 0.2) is 17.5 Å². The topological polar surface area (TPSA) is 86.3 Å². The molecule has 0 amide bonds. The fraction of sp³-hybridized carbons (Fsp3) is 0.316. The van der Waals surface area contributed by atoms with Crippen LogP contribution in [0.25, 0.3) is 0 Å². The molecule has 0 aromatic heterocycles. The first-order valence-electron chi connectivity index (χ1n) is 8.32. The average Bonchev–Trinajstić information content (AvgIpc) is 2.68. The van der Waals surface area contributed by atoms with Gasteiger partial charge in [0.1, 0.15) is 19.0 Å². The van der Waals surface area contributed by atoms with Gasteiger partial charge in [-0.15, -0.1) is 0 Å². The fourth-order valence-electron chi connectivity index (χ4n) is 2.69. The van der Waals surface area contributed by atoms with Crippen LogP contribution in [0.3, 0.4) is 0 Å². The van der Waals surface area contributed by atoms with Crippen LogP contribution in [0.4, 0.5) is 5.69 Å². The second-order valence-corrected chi connectivity index (χ2v) is 5.59. The molecule has 7 heteroatoms. The highest BCUT2D eigenvalue weighted by Gasteiger charge is 2.29. The van der Waals surface area contributed by atoms with Crippen LogP contribution in [0.1, 0.15) is 18.5 Å². The fourth-order valence-corrected chi connectivity index (χ4v) is 2.69. The minimum Gasteiger partial charge on any atom is -0.504 e. The largest absolute Gasteiger partial charge is 0.504 e. The number of phenols is 1. The molecule has 26 heavy (non-hydrogen) atoms. The predicted molar refractivity (Wildman–Crippen MR) is 95.1 cm³/mol. The zero-order valence-electron chi connectivity index (χ0n) is 14.7. The van der Waals surface area contributed by atoms with Crippen molar-refractivity contribution in [3.8, 4) is 23.0 Å². The van der Waals surface area contributed by atoms with E-state index in [4.69, 9.17) is 18.9 Å². The van der Waals surface area contributed by atoms with E-state index < -0.39 is 12.0 Å². The molecule has 2 N–H and O–H groups in total. The number of phenolic OH excluding ortho intramolecular Hbond substituents is 1. The summed E-state index contributed by atoms with van der Waals surface area (Å²) in [4.78, 5) is 12.5. The number of esters is 1. The van der Waals surface area contributed by atoms with Crippen molar-refractivity contribution in [2.75, 3.05) is 32.2 Å². The number of nitrogens with one attached hydrogen (secondary N) is 1. The molecule has 1 aliphatic rings. The van der Waals surface area contributed by atoms with Gasteiger partial charge < -0.3 is 29.4 Å². The maximum absolute atomic E-state index is 12.5. The number of ether oxygens (including phenoxy) is 4. The third-order valence-corrected chi connectivity index (χ3v) is 3.95. The third kappa shape index (κ3) is 3.61. The Morgan fingerprint density at radius 1 is 1.19 bits per heavy atom. The standard InChI is InChI=1S/C19H21NO6/c1-3-24-19(22)16(20-12-4-6-13(23-2)7-5-12)14-8-9-15-18(17(14)21)26-11-10-25-15/h4-9,16,20-21H,3,10-11H2,1-2H3. The van der Waals surface area contributed by atoms with Crippen LogP contribution in [-0.2, 0) is 9.53 Å². The molecule has 1 aliphatic heterocycles. The molecule has 0 saturated carbocycles. The van der Waals surface area contributed by atoms with Crippen molar-refractivity contribution in [2.45, 2.75) is 13.0 Å². The summed E-state index contributed by atoms with van der Waals surface area (Å²) in [5, 5.41) is 13.7. The molecule has 0 aliphatic carbocycles. The Kier molecular flexibility index (Phi) is 5.36. The number of methoxy groups -OCH3 is 1. The van der Waals surface area contributed by atoms with Gasteiger partial charge in [-0.05, 0) is 43.3 Å². The number of fused-ring (bicyclic) bond motifs is 1. The highest BCUT2D eigenvalue weighted by atomic mass is 16.6. The van der Waals surface area contributed by atoms with E-state index >= 15 is 0 Å². The van der Waals surface area contributed by atoms with Crippen molar-refractivity contribution < 1.29 is 28.8 Å². The van der Waals surface area contributed by atoms with Crippen molar-refractivity contribution in [2.24, 2.45) is 0 Å². The highest BCUT2D eigenvalue weighted by Crippen LogP contribution is 2.43. The Balaban J connectivity index is 1.94. The van der Waals surface area contributed by atoms with Crippen LogP contribution in [0, 0.1) is 0 Å². The Hall–Kier alpha value is -3.09. The number of anilines is 1.